The molecule has 0 amide bonds. The molecule has 0 unspecified atom stereocenters. The summed E-state index contributed by atoms with van der Waals surface area (Å²) < 4.78 is 36.7. The molecule has 2 aliphatic heterocycles. The van der Waals surface area contributed by atoms with E-state index in [9.17, 15) is 8.42 Å². The van der Waals surface area contributed by atoms with Gasteiger partial charge in [-0.15, -0.1) is 0 Å². The summed E-state index contributed by atoms with van der Waals surface area (Å²) in [6.45, 7) is 6.36. The number of piperidine rings is 1. The number of fused-ring (bicyclic) bond motifs is 1. The minimum atomic E-state index is -3.15. The highest BCUT2D eigenvalue weighted by atomic mass is 32.2. The van der Waals surface area contributed by atoms with E-state index in [0.29, 0.717) is 25.6 Å². The van der Waals surface area contributed by atoms with Gasteiger partial charge >= 0.3 is 0 Å². The van der Waals surface area contributed by atoms with E-state index in [2.05, 4.69) is 4.90 Å². The number of likely N-dealkylation sites (tertiary alicyclic amines) is 1. The zero-order valence-electron chi connectivity index (χ0n) is 14.1. The number of sulfonamides is 1. The topological polar surface area (TPSA) is 63.0 Å². The van der Waals surface area contributed by atoms with E-state index in [1.807, 2.05) is 19.1 Å². The Hall–Kier alpha value is -0.890. The van der Waals surface area contributed by atoms with Gasteiger partial charge in [0, 0.05) is 32.2 Å². The van der Waals surface area contributed by atoms with Crippen molar-refractivity contribution in [2.45, 2.75) is 19.9 Å². The molecule has 0 aromatic carbocycles. The Morgan fingerprint density at radius 2 is 2.17 bits per heavy atom. The molecular formula is C16H26N2O4S. The molecule has 0 saturated carbocycles. The Morgan fingerprint density at radius 1 is 1.39 bits per heavy atom. The summed E-state index contributed by atoms with van der Waals surface area (Å²) in [5.41, 5.74) is -0.0482. The van der Waals surface area contributed by atoms with Gasteiger partial charge < -0.3 is 9.15 Å². The van der Waals surface area contributed by atoms with Crippen molar-refractivity contribution in [3.63, 3.8) is 0 Å². The zero-order valence-corrected chi connectivity index (χ0v) is 14.9. The summed E-state index contributed by atoms with van der Waals surface area (Å²) >= 11 is 0. The normalized spacial score (nSPS) is 29.8. The van der Waals surface area contributed by atoms with Crippen molar-refractivity contribution in [1.82, 2.24) is 9.21 Å². The first-order valence-electron chi connectivity index (χ1n) is 8.04. The Bertz CT molecular complexity index is 657. The van der Waals surface area contributed by atoms with E-state index in [0.717, 1.165) is 37.6 Å². The van der Waals surface area contributed by atoms with Crippen molar-refractivity contribution in [2.75, 3.05) is 46.2 Å². The maximum absolute atomic E-state index is 12.0. The fourth-order valence-electron chi connectivity index (χ4n) is 4.01. The maximum Gasteiger partial charge on any atom is 0.211 e. The van der Waals surface area contributed by atoms with Crippen LogP contribution in [0.15, 0.2) is 16.5 Å². The molecule has 3 rings (SSSR count). The van der Waals surface area contributed by atoms with Crippen molar-refractivity contribution >= 4 is 10.0 Å². The molecular weight excluding hydrogens is 316 g/mol. The van der Waals surface area contributed by atoms with E-state index in [1.54, 1.807) is 11.4 Å². The lowest BCUT2D eigenvalue weighted by Crippen LogP contribution is -2.48. The van der Waals surface area contributed by atoms with Crippen LogP contribution in [0.4, 0.5) is 0 Å². The Morgan fingerprint density at radius 3 is 2.78 bits per heavy atom. The number of rotatable bonds is 5. The molecule has 6 nitrogen and oxygen atoms in total. The van der Waals surface area contributed by atoms with Gasteiger partial charge in [-0.3, -0.25) is 4.90 Å². The van der Waals surface area contributed by atoms with Gasteiger partial charge in [-0.1, -0.05) is 0 Å². The predicted molar refractivity (Wildman–Crippen MR) is 87.6 cm³/mol. The third kappa shape index (κ3) is 3.47. The summed E-state index contributed by atoms with van der Waals surface area (Å²) in [4.78, 5) is 2.36. The minimum Gasteiger partial charge on any atom is -0.465 e. The standard InChI is InChI=1S/C16H26N2O4S/c1-13-4-5-15(22-13)10-17-7-6-16(12-21-2)11-18(23(3,19)20)9-14(16)8-17/h4-5,14H,6-12H2,1-3H3/t14-,16+/m1/s1. The van der Waals surface area contributed by atoms with Gasteiger partial charge in [0.2, 0.25) is 10.0 Å². The molecule has 1 aromatic rings. The Balaban J connectivity index is 1.72. The fraction of sp³-hybridized carbons (Fsp3) is 0.750. The van der Waals surface area contributed by atoms with E-state index in [1.165, 1.54) is 6.26 Å². The van der Waals surface area contributed by atoms with Crippen molar-refractivity contribution < 1.29 is 17.6 Å². The van der Waals surface area contributed by atoms with Gasteiger partial charge in [-0.2, -0.15) is 0 Å². The van der Waals surface area contributed by atoms with Crippen molar-refractivity contribution in [3.05, 3.63) is 23.7 Å². The number of aryl methyl sites for hydroxylation is 1. The maximum atomic E-state index is 12.0. The largest absolute Gasteiger partial charge is 0.465 e. The fourth-order valence-corrected chi connectivity index (χ4v) is 4.95. The van der Waals surface area contributed by atoms with E-state index < -0.39 is 10.0 Å². The number of nitrogens with zero attached hydrogens (tertiary/aromatic N) is 2. The van der Waals surface area contributed by atoms with Gasteiger partial charge in [-0.25, -0.2) is 12.7 Å². The highest BCUT2D eigenvalue weighted by Gasteiger charge is 2.51. The first kappa shape index (κ1) is 17.0. The van der Waals surface area contributed by atoms with E-state index in [-0.39, 0.29) is 5.41 Å². The lowest BCUT2D eigenvalue weighted by molar-refractivity contribution is -0.00272. The third-order valence-electron chi connectivity index (χ3n) is 5.26. The second-order valence-electron chi connectivity index (χ2n) is 7.05. The molecule has 1 aromatic heterocycles. The zero-order chi connectivity index (χ0) is 16.7. The molecule has 0 spiro atoms. The minimum absolute atomic E-state index is 0.0482. The second kappa shape index (κ2) is 6.20. The lowest BCUT2D eigenvalue weighted by atomic mass is 9.73. The number of hydrogen-bond acceptors (Lipinski definition) is 5. The molecule has 2 fully saturated rings. The van der Waals surface area contributed by atoms with Gasteiger partial charge in [0.1, 0.15) is 11.5 Å². The molecule has 23 heavy (non-hydrogen) atoms. The average Bonchev–Trinajstić information content (AvgIpc) is 3.03. The summed E-state index contributed by atoms with van der Waals surface area (Å²) in [6.07, 6.45) is 2.26. The smallest absolute Gasteiger partial charge is 0.211 e. The Labute approximate surface area is 138 Å². The van der Waals surface area contributed by atoms with E-state index in [4.69, 9.17) is 9.15 Å². The number of hydrogen-bond donors (Lipinski definition) is 0. The highest BCUT2D eigenvalue weighted by molar-refractivity contribution is 7.88. The van der Waals surface area contributed by atoms with Gasteiger partial charge in [0.05, 0.1) is 19.4 Å². The summed E-state index contributed by atoms with van der Waals surface area (Å²) in [6, 6.07) is 4.00. The van der Waals surface area contributed by atoms with Crippen molar-refractivity contribution in [2.24, 2.45) is 11.3 Å². The molecule has 2 aliphatic rings. The van der Waals surface area contributed by atoms with Crippen LogP contribution in [0.1, 0.15) is 17.9 Å². The van der Waals surface area contributed by atoms with Crippen LogP contribution in [-0.4, -0.2) is 63.8 Å². The molecule has 130 valence electrons. The van der Waals surface area contributed by atoms with Gasteiger partial charge in [-0.05, 0) is 37.9 Å². The van der Waals surface area contributed by atoms with Crippen LogP contribution in [0.2, 0.25) is 0 Å². The van der Waals surface area contributed by atoms with Crippen LogP contribution >= 0.6 is 0 Å². The SMILES string of the molecule is COC[C@@]12CCN(Cc3ccc(C)o3)C[C@@H]1CN(S(C)(=O)=O)C2. The van der Waals surface area contributed by atoms with Crippen molar-refractivity contribution in [1.29, 1.82) is 0 Å². The van der Waals surface area contributed by atoms with E-state index >= 15 is 0 Å². The van der Waals surface area contributed by atoms with Gasteiger partial charge in [0.15, 0.2) is 0 Å². The molecule has 0 bridgehead atoms. The predicted octanol–water partition coefficient (Wildman–Crippen LogP) is 1.32. The monoisotopic (exact) mass is 342 g/mol. The molecule has 7 heteroatoms. The second-order valence-corrected chi connectivity index (χ2v) is 9.03. The molecule has 0 radical (unpaired) electrons. The van der Waals surface area contributed by atoms with Crippen LogP contribution in [0.3, 0.4) is 0 Å². The molecule has 3 heterocycles. The van der Waals surface area contributed by atoms with Crippen LogP contribution in [0.5, 0.6) is 0 Å². The summed E-state index contributed by atoms with van der Waals surface area (Å²) in [5, 5.41) is 0. The highest BCUT2D eigenvalue weighted by Crippen LogP contribution is 2.44. The van der Waals surface area contributed by atoms with Crippen molar-refractivity contribution in [3.8, 4) is 0 Å². The van der Waals surface area contributed by atoms with Crippen LogP contribution in [0.25, 0.3) is 0 Å². The first-order chi connectivity index (χ1) is 10.8. The quantitative estimate of drug-likeness (QED) is 0.807. The lowest BCUT2D eigenvalue weighted by Gasteiger charge is -2.42. The first-order valence-corrected chi connectivity index (χ1v) is 9.89. The number of furan rings is 1. The molecule has 2 atom stereocenters. The van der Waals surface area contributed by atoms with Crippen LogP contribution < -0.4 is 0 Å². The number of ether oxygens (including phenoxy) is 1. The van der Waals surface area contributed by atoms with Gasteiger partial charge in [0.25, 0.3) is 0 Å². The average molecular weight is 342 g/mol. The number of methoxy groups -OCH3 is 1. The van der Waals surface area contributed by atoms with Crippen LogP contribution in [0, 0.1) is 18.3 Å². The summed E-state index contributed by atoms with van der Waals surface area (Å²) in [7, 11) is -1.45. The molecule has 2 saturated heterocycles. The Kier molecular flexibility index (Phi) is 4.57. The summed E-state index contributed by atoms with van der Waals surface area (Å²) in [5.74, 6) is 2.21. The molecule has 0 aliphatic carbocycles. The molecule has 0 N–H and O–H groups in total. The third-order valence-corrected chi connectivity index (χ3v) is 6.48. The van der Waals surface area contributed by atoms with Crippen LogP contribution in [-0.2, 0) is 21.3 Å².